The van der Waals surface area contributed by atoms with E-state index in [1.54, 1.807) is 4.90 Å². The van der Waals surface area contributed by atoms with E-state index in [1.807, 2.05) is 34.0 Å². The molecule has 3 heterocycles. The number of fused-ring (bicyclic) bond motifs is 1. The summed E-state index contributed by atoms with van der Waals surface area (Å²) in [4.78, 5) is 25.6. The van der Waals surface area contributed by atoms with Gasteiger partial charge < -0.3 is 19.3 Å². The van der Waals surface area contributed by atoms with E-state index in [1.165, 1.54) is 31.7 Å². The fourth-order valence-corrected chi connectivity index (χ4v) is 5.56. The topological polar surface area (TPSA) is 67.8 Å². The summed E-state index contributed by atoms with van der Waals surface area (Å²) in [5.74, 6) is -0.288. The summed E-state index contributed by atoms with van der Waals surface area (Å²) in [5, 5.41) is 0.461. The van der Waals surface area contributed by atoms with Gasteiger partial charge in [-0.05, 0) is 58.9 Å². The Morgan fingerprint density at radius 1 is 1.15 bits per heavy atom. The Hall–Kier alpha value is -2.60. The van der Waals surface area contributed by atoms with Gasteiger partial charge in [-0.15, -0.1) is 0 Å². The first kappa shape index (κ1) is 29.4. The summed E-state index contributed by atoms with van der Waals surface area (Å²) in [6.45, 7) is 11.4. The predicted octanol–water partition coefficient (Wildman–Crippen LogP) is 6.23. The van der Waals surface area contributed by atoms with Crippen molar-refractivity contribution in [3.8, 4) is 0 Å². The van der Waals surface area contributed by atoms with E-state index in [4.69, 9.17) is 14.5 Å². The van der Waals surface area contributed by atoms with Gasteiger partial charge in [-0.2, -0.15) is 13.2 Å². The standard InChI is InChI=1S/C27H34F4N4O3S/c1-14-10-15(2)22(28)20(21(14)27(29,30)31)19-11-18-17(13-37-19)23(33-24(32-18)39-7)35-9-8-34(12-16(35)3)25(36)38-26(4,5)6/h10,16,19H,8-9,11-13H2,1-7H3/t16-,19?/m1/s1. The number of alkyl halides is 3. The van der Waals surface area contributed by atoms with Crippen LogP contribution in [0.5, 0.6) is 0 Å². The molecule has 0 aliphatic carbocycles. The van der Waals surface area contributed by atoms with Crippen molar-refractivity contribution < 1.29 is 31.8 Å². The molecule has 7 nitrogen and oxygen atoms in total. The number of thioether (sulfide) groups is 1. The molecule has 2 aliphatic heterocycles. The number of carbonyl (C=O) groups excluding carboxylic acids is 1. The molecule has 1 aromatic carbocycles. The lowest BCUT2D eigenvalue weighted by molar-refractivity contribution is -0.140. The maximum absolute atomic E-state index is 15.2. The molecular weight excluding hydrogens is 536 g/mol. The molecule has 0 spiro atoms. The lowest BCUT2D eigenvalue weighted by Crippen LogP contribution is -2.55. The number of rotatable bonds is 3. The van der Waals surface area contributed by atoms with Gasteiger partial charge in [-0.3, -0.25) is 0 Å². The summed E-state index contributed by atoms with van der Waals surface area (Å²) in [7, 11) is 0. The highest BCUT2D eigenvalue weighted by molar-refractivity contribution is 7.98. The maximum Gasteiger partial charge on any atom is 0.417 e. The zero-order valence-corrected chi connectivity index (χ0v) is 24.0. The first-order valence-corrected chi connectivity index (χ1v) is 14.0. The minimum atomic E-state index is -4.73. The average molecular weight is 571 g/mol. The van der Waals surface area contributed by atoms with E-state index in [0.29, 0.717) is 41.9 Å². The number of anilines is 1. The molecule has 12 heteroatoms. The summed E-state index contributed by atoms with van der Waals surface area (Å²) in [6.07, 6.45) is -4.47. The Balaban J connectivity index is 1.66. The van der Waals surface area contributed by atoms with Crippen molar-refractivity contribution in [3.05, 3.63) is 45.4 Å². The van der Waals surface area contributed by atoms with Gasteiger partial charge in [0.05, 0.1) is 24.0 Å². The van der Waals surface area contributed by atoms with Crippen LogP contribution in [0.2, 0.25) is 0 Å². The molecule has 2 atom stereocenters. The van der Waals surface area contributed by atoms with Crippen LogP contribution in [0.15, 0.2) is 11.2 Å². The molecular formula is C27H34F4N4O3S. The predicted molar refractivity (Wildman–Crippen MR) is 141 cm³/mol. The van der Waals surface area contributed by atoms with Crippen LogP contribution in [0.25, 0.3) is 0 Å². The molecule has 2 aliphatic rings. The van der Waals surface area contributed by atoms with E-state index in [2.05, 4.69) is 9.88 Å². The second-order valence-corrected chi connectivity index (χ2v) is 11.8. The molecule has 1 saturated heterocycles. The first-order valence-electron chi connectivity index (χ1n) is 12.8. The number of halogens is 4. The monoisotopic (exact) mass is 570 g/mol. The molecule has 0 N–H and O–H groups in total. The van der Waals surface area contributed by atoms with Crippen LogP contribution >= 0.6 is 11.8 Å². The van der Waals surface area contributed by atoms with Crippen LogP contribution in [0.3, 0.4) is 0 Å². The van der Waals surface area contributed by atoms with E-state index < -0.39 is 34.8 Å². The molecule has 2 aromatic rings. The Labute approximate surface area is 230 Å². The lowest BCUT2D eigenvalue weighted by Gasteiger charge is -2.42. The van der Waals surface area contributed by atoms with Gasteiger partial charge in [0.25, 0.3) is 0 Å². The van der Waals surface area contributed by atoms with Crippen LogP contribution in [-0.4, -0.2) is 58.5 Å². The van der Waals surface area contributed by atoms with Crippen LogP contribution in [0, 0.1) is 19.7 Å². The fourth-order valence-electron chi connectivity index (χ4n) is 5.18. The van der Waals surface area contributed by atoms with Crippen LogP contribution in [0.4, 0.5) is 28.2 Å². The molecule has 1 aromatic heterocycles. The third-order valence-corrected chi connectivity index (χ3v) is 7.42. The number of carbonyl (C=O) groups is 1. The molecule has 1 unspecified atom stereocenters. The number of aryl methyl sites for hydroxylation is 2. The Morgan fingerprint density at radius 3 is 2.44 bits per heavy atom. The molecule has 39 heavy (non-hydrogen) atoms. The zero-order valence-electron chi connectivity index (χ0n) is 23.2. The van der Waals surface area contributed by atoms with Gasteiger partial charge in [0.1, 0.15) is 17.2 Å². The minimum absolute atomic E-state index is 0.0203. The second-order valence-electron chi connectivity index (χ2n) is 11.0. The third-order valence-electron chi connectivity index (χ3n) is 6.88. The molecule has 0 radical (unpaired) electrons. The van der Waals surface area contributed by atoms with Gasteiger partial charge in [0, 0.05) is 43.2 Å². The number of amides is 1. The van der Waals surface area contributed by atoms with Crippen LogP contribution in [-0.2, 0) is 28.7 Å². The van der Waals surface area contributed by atoms with E-state index in [-0.39, 0.29) is 36.3 Å². The van der Waals surface area contributed by atoms with Crippen LogP contribution in [0.1, 0.15) is 67.3 Å². The number of hydrogen-bond acceptors (Lipinski definition) is 7. The fraction of sp³-hybridized carbons (Fsp3) is 0.593. The number of hydrogen-bond donors (Lipinski definition) is 0. The van der Waals surface area contributed by atoms with Crippen molar-refractivity contribution in [1.29, 1.82) is 0 Å². The molecule has 0 bridgehead atoms. The smallest absolute Gasteiger partial charge is 0.417 e. The number of benzene rings is 1. The van der Waals surface area contributed by atoms with Crippen LogP contribution < -0.4 is 4.90 Å². The highest BCUT2D eigenvalue weighted by atomic mass is 32.2. The quantitative estimate of drug-likeness (QED) is 0.246. The normalized spacial score (nSPS) is 20.2. The van der Waals surface area contributed by atoms with Crippen molar-refractivity contribution in [3.63, 3.8) is 0 Å². The number of ether oxygens (including phenoxy) is 2. The SMILES string of the molecule is CSc1nc2c(c(N3CCN(C(=O)OC(C)(C)C)C[C@H]3C)n1)COC(c1c(F)c(C)cc(C)c1C(F)(F)F)C2. The first-order chi connectivity index (χ1) is 18.1. The number of nitrogens with zero attached hydrogens (tertiary/aromatic N) is 4. The highest BCUT2D eigenvalue weighted by Gasteiger charge is 2.41. The van der Waals surface area contributed by atoms with Gasteiger partial charge in [0.15, 0.2) is 5.16 Å². The van der Waals surface area contributed by atoms with Gasteiger partial charge >= 0.3 is 12.3 Å². The van der Waals surface area contributed by atoms with E-state index in [9.17, 15) is 18.0 Å². The average Bonchev–Trinajstić information content (AvgIpc) is 2.83. The molecule has 1 amide bonds. The Bertz CT molecular complexity index is 1270. The van der Waals surface area contributed by atoms with Crippen molar-refractivity contribution >= 4 is 23.7 Å². The Morgan fingerprint density at radius 2 is 1.85 bits per heavy atom. The summed E-state index contributed by atoms with van der Waals surface area (Å²) in [6, 6.07) is 1.09. The molecule has 0 saturated carbocycles. The summed E-state index contributed by atoms with van der Waals surface area (Å²) >= 11 is 1.32. The highest BCUT2D eigenvalue weighted by Crippen LogP contribution is 2.44. The number of aromatic nitrogens is 2. The Kier molecular flexibility index (Phi) is 8.11. The number of piperazine rings is 1. The summed E-state index contributed by atoms with van der Waals surface area (Å²) < 4.78 is 68.8. The largest absolute Gasteiger partial charge is 0.444 e. The third kappa shape index (κ3) is 6.11. The van der Waals surface area contributed by atoms with Gasteiger partial charge in [-0.25, -0.2) is 19.2 Å². The minimum Gasteiger partial charge on any atom is -0.444 e. The molecule has 214 valence electrons. The van der Waals surface area contributed by atoms with Crippen molar-refractivity contribution in [2.24, 2.45) is 0 Å². The molecule has 4 rings (SSSR count). The van der Waals surface area contributed by atoms with Crippen molar-refractivity contribution in [1.82, 2.24) is 14.9 Å². The van der Waals surface area contributed by atoms with Gasteiger partial charge in [0.2, 0.25) is 0 Å². The zero-order chi connectivity index (χ0) is 28.9. The van der Waals surface area contributed by atoms with Gasteiger partial charge in [-0.1, -0.05) is 17.8 Å². The maximum atomic E-state index is 15.2. The van der Waals surface area contributed by atoms with E-state index >= 15 is 4.39 Å². The summed E-state index contributed by atoms with van der Waals surface area (Å²) in [5.41, 5.74) is -0.786. The van der Waals surface area contributed by atoms with E-state index in [0.717, 1.165) is 0 Å². The second kappa shape index (κ2) is 10.8. The van der Waals surface area contributed by atoms with Crippen molar-refractivity contribution in [2.45, 2.75) is 83.6 Å². The lowest BCUT2D eigenvalue weighted by atomic mass is 9.90. The molecule has 1 fully saturated rings. The van der Waals surface area contributed by atoms with Crippen molar-refractivity contribution in [2.75, 3.05) is 30.8 Å².